The van der Waals surface area contributed by atoms with E-state index in [-0.39, 0.29) is 5.69 Å². The molecule has 0 unspecified atom stereocenters. The second kappa shape index (κ2) is 6.50. The minimum atomic E-state index is -0.954. The Balaban J connectivity index is 1.98. The van der Waals surface area contributed by atoms with Gasteiger partial charge in [-0.25, -0.2) is 9.78 Å². The van der Waals surface area contributed by atoms with Gasteiger partial charge < -0.3 is 5.11 Å². The third kappa shape index (κ3) is 3.81. The van der Waals surface area contributed by atoms with E-state index >= 15 is 0 Å². The summed E-state index contributed by atoms with van der Waals surface area (Å²) in [7, 11) is 0. The molecule has 0 amide bonds. The minimum absolute atomic E-state index is 0.138. The van der Waals surface area contributed by atoms with E-state index in [2.05, 4.69) is 9.88 Å². The van der Waals surface area contributed by atoms with Crippen LogP contribution in [0.15, 0.2) is 18.2 Å². The zero-order valence-electron chi connectivity index (χ0n) is 10.6. The first-order valence-corrected chi connectivity index (χ1v) is 6.67. The largest absolute Gasteiger partial charge is 0.477 e. The van der Waals surface area contributed by atoms with Crippen LogP contribution in [0.2, 0.25) is 0 Å². The molecule has 0 saturated carbocycles. The van der Waals surface area contributed by atoms with Gasteiger partial charge in [0.1, 0.15) is 5.69 Å². The number of nitrogens with zero attached hydrogens (tertiary/aromatic N) is 2. The molecule has 1 aromatic heterocycles. The van der Waals surface area contributed by atoms with E-state index in [1.807, 2.05) is 6.07 Å². The summed E-state index contributed by atoms with van der Waals surface area (Å²) in [6.45, 7) is 2.96. The van der Waals surface area contributed by atoms with Gasteiger partial charge in [0, 0.05) is 6.54 Å². The summed E-state index contributed by atoms with van der Waals surface area (Å²) in [6.07, 6.45) is 6.43. The SMILES string of the molecule is O=C(O)c1cccc(CN2CCCCCCC2)n1. The molecule has 2 heterocycles. The normalized spacial score (nSPS) is 18.0. The lowest BCUT2D eigenvalue weighted by atomic mass is 10.1. The number of hydrogen-bond donors (Lipinski definition) is 1. The average Bonchev–Trinajstić information content (AvgIpc) is 2.33. The third-order valence-corrected chi connectivity index (χ3v) is 3.36. The van der Waals surface area contributed by atoms with Gasteiger partial charge >= 0.3 is 5.97 Å². The Morgan fingerprint density at radius 1 is 1.17 bits per heavy atom. The molecule has 1 N–H and O–H groups in total. The Kier molecular flexibility index (Phi) is 4.70. The second-order valence-electron chi connectivity index (χ2n) is 4.86. The Labute approximate surface area is 108 Å². The second-order valence-corrected chi connectivity index (χ2v) is 4.86. The highest BCUT2D eigenvalue weighted by atomic mass is 16.4. The number of likely N-dealkylation sites (tertiary alicyclic amines) is 1. The maximum atomic E-state index is 10.9. The number of hydrogen-bond acceptors (Lipinski definition) is 3. The molecular weight excluding hydrogens is 228 g/mol. The summed E-state index contributed by atoms with van der Waals surface area (Å²) >= 11 is 0. The van der Waals surface area contributed by atoms with Gasteiger partial charge in [0.2, 0.25) is 0 Å². The Morgan fingerprint density at radius 3 is 2.50 bits per heavy atom. The van der Waals surface area contributed by atoms with Crippen molar-refractivity contribution in [3.8, 4) is 0 Å². The first-order chi connectivity index (χ1) is 8.75. The number of carboxylic acids is 1. The van der Waals surface area contributed by atoms with E-state index in [4.69, 9.17) is 5.11 Å². The molecule has 0 bridgehead atoms. The lowest BCUT2D eigenvalue weighted by Crippen LogP contribution is -2.27. The zero-order valence-corrected chi connectivity index (χ0v) is 10.6. The summed E-state index contributed by atoms with van der Waals surface area (Å²) in [5.41, 5.74) is 0.995. The molecule has 18 heavy (non-hydrogen) atoms. The van der Waals surface area contributed by atoms with E-state index in [0.29, 0.717) is 0 Å². The standard InChI is InChI=1S/C14H20N2O2/c17-14(18)13-8-6-7-12(15-13)11-16-9-4-2-1-3-5-10-16/h6-8H,1-5,9-11H2,(H,17,18). The first kappa shape index (κ1) is 13.0. The molecule has 0 spiro atoms. The van der Waals surface area contributed by atoms with Crippen LogP contribution < -0.4 is 0 Å². The van der Waals surface area contributed by atoms with Crippen molar-refractivity contribution in [1.29, 1.82) is 0 Å². The summed E-state index contributed by atoms with van der Waals surface area (Å²) in [5.74, 6) is -0.954. The monoisotopic (exact) mass is 248 g/mol. The van der Waals surface area contributed by atoms with Crippen molar-refractivity contribution in [1.82, 2.24) is 9.88 Å². The van der Waals surface area contributed by atoms with Crippen LogP contribution in [-0.2, 0) is 6.54 Å². The Bertz CT molecular complexity index is 399. The van der Waals surface area contributed by atoms with E-state index in [1.54, 1.807) is 12.1 Å². The molecule has 1 saturated heterocycles. The topological polar surface area (TPSA) is 53.4 Å². The van der Waals surface area contributed by atoms with Crippen LogP contribution in [0.1, 0.15) is 48.3 Å². The van der Waals surface area contributed by atoms with Crippen LogP contribution in [0, 0.1) is 0 Å². The molecule has 1 aliphatic rings. The van der Waals surface area contributed by atoms with Crippen molar-refractivity contribution in [2.45, 2.75) is 38.6 Å². The van der Waals surface area contributed by atoms with Gasteiger partial charge in [0.05, 0.1) is 5.69 Å². The van der Waals surface area contributed by atoms with Crippen molar-refractivity contribution in [3.05, 3.63) is 29.6 Å². The number of rotatable bonds is 3. The van der Waals surface area contributed by atoms with Crippen LogP contribution in [0.25, 0.3) is 0 Å². The number of carbonyl (C=O) groups is 1. The maximum absolute atomic E-state index is 10.9. The lowest BCUT2D eigenvalue weighted by molar-refractivity contribution is 0.0690. The van der Waals surface area contributed by atoms with Crippen molar-refractivity contribution < 1.29 is 9.90 Å². The van der Waals surface area contributed by atoms with Crippen LogP contribution in [0.5, 0.6) is 0 Å². The molecule has 1 aliphatic heterocycles. The quantitative estimate of drug-likeness (QED) is 0.893. The molecule has 2 rings (SSSR count). The number of aromatic nitrogens is 1. The van der Waals surface area contributed by atoms with Gasteiger partial charge in [0.15, 0.2) is 0 Å². The molecule has 4 nitrogen and oxygen atoms in total. The van der Waals surface area contributed by atoms with Gasteiger partial charge in [-0.05, 0) is 38.1 Å². The van der Waals surface area contributed by atoms with Gasteiger partial charge in [-0.3, -0.25) is 4.90 Å². The summed E-state index contributed by atoms with van der Waals surface area (Å²) in [4.78, 5) is 17.4. The molecule has 0 aromatic carbocycles. The molecule has 1 aromatic rings. The number of pyridine rings is 1. The fourth-order valence-corrected chi connectivity index (χ4v) is 2.39. The molecule has 0 aliphatic carbocycles. The summed E-state index contributed by atoms with van der Waals surface area (Å²) in [6, 6.07) is 5.22. The molecule has 98 valence electrons. The fraction of sp³-hybridized carbons (Fsp3) is 0.571. The third-order valence-electron chi connectivity index (χ3n) is 3.36. The predicted molar refractivity (Wildman–Crippen MR) is 69.6 cm³/mol. The highest BCUT2D eigenvalue weighted by Crippen LogP contribution is 2.12. The molecule has 0 atom stereocenters. The van der Waals surface area contributed by atoms with Crippen LogP contribution in [0.4, 0.5) is 0 Å². The summed E-state index contributed by atoms with van der Waals surface area (Å²) < 4.78 is 0. The van der Waals surface area contributed by atoms with E-state index in [9.17, 15) is 4.79 Å². The van der Waals surface area contributed by atoms with Crippen molar-refractivity contribution in [3.63, 3.8) is 0 Å². The Morgan fingerprint density at radius 2 is 1.83 bits per heavy atom. The van der Waals surface area contributed by atoms with Crippen molar-refractivity contribution in [2.24, 2.45) is 0 Å². The Hall–Kier alpha value is -1.42. The minimum Gasteiger partial charge on any atom is -0.477 e. The van der Waals surface area contributed by atoms with Crippen LogP contribution in [-0.4, -0.2) is 34.0 Å². The predicted octanol–water partition coefficient (Wildman–Crippen LogP) is 2.55. The van der Waals surface area contributed by atoms with Gasteiger partial charge in [0.25, 0.3) is 0 Å². The van der Waals surface area contributed by atoms with E-state index in [0.717, 1.165) is 25.3 Å². The van der Waals surface area contributed by atoms with Gasteiger partial charge in [-0.2, -0.15) is 0 Å². The highest BCUT2D eigenvalue weighted by Gasteiger charge is 2.11. The molecular formula is C14H20N2O2. The number of carboxylic acid groups (broad SMARTS) is 1. The van der Waals surface area contributed by atoms with E-state index in [1.165, 1.54) is 32.1 Å². The zero-order chi connectivity index (χ0) is 12.8. The van der Waals surface area contributed by atoms with E-state index < -0.39 is 5.97 Å². The van der Waals surface area contributed by atoms with Crippen molar-refractivity contribution in [2.75, 3.05) is 13.1 Å². The average molecular weight is 248 g/mol. The van der Waals surface area contributed by atoms with Crippen LogP contribution >= 0.6 is 0 Å². The molecule has 0 radical (unpaired) electrons. The maximum Gasteiger partial charge on any atom is 0.354 e. The highest BCUT2D eigenvalue weighted by molar-refractivity contribution is 5.85. The van der Waals surface area contributed by atoms with Crippen molar-refractivity contribution >= 4 is 5.97 Å². The summed E-state index contributed by atoms with van der Waals surface area (Å²) in [5, 5.41) is 8.92. The number of aromatic carboxylic acids is 1. The fourth-order valence-electron chi connectivity index (χ4n) is 2.39. The lowest BCUT2D eigenvalue weighted by Gasteiger charge is -2.24. The van der Waals surface area contributed by atoms with Gasteiger partial charge in [-0.1, -0.05) is 25.3 Å². The van der Waals surface area contributed by atoms with Gasteiger partial charge in [-0.15, -0.1) is 0 Å². The molecule has 1 fully saturated rings. The smallest absolute Gasteiger partial charge is 0.354 e. The first-order valence-electron chi connectivity index (χ1n) is 6.67. The van der Waals surface area contributed by atoms with Crippen LogP contribution in [0.3, 0.4) is 0 Å². The molecule has 4 heteroatoms.